The van der Waals surface area contributed by atoms with Gasteiger partial charge in [-0.15, -0.1) is 0 Å². The van der Waals surface area contributed by atoms with Crippen molar-refractivity contribution in [3.8, 4) is 0 Å². The average Bonchev–Trinajstić information content (AvgIpc) is 2.41. The van der Waals surface area contributed by atoms with Gasteiger partial charge in [0.05, 0.1) is 0 Å². The van der Waals surface area contributed by atoms with Crippen LogP contribution in [0.25, 0.3) is 0 Å². The van der Waals surface area contributed by atoms with Crippen LogP contribution < -0.4 is 15.7 Å². The van der Waals surface area contributed by atoms with Crippen LogP contribution in [-0.2, 0) is 65.4 Å². The SMILES string of the molecule is C.C.C[B]c1cc[n+]([O-])cc1.C[B]c1ccncc1.[CH3-].[CH3-].[Y].[Y]. The van der Waals surface area contributed by atoms with Gasteiger partial charge < -0.3 is 20.1 Å². The van der Waals surface area contributed by atoms with Crippen molar-refractivity contribution in [3.63, 3.8) is 0 Å². The van der Waals surface area contributed by atoms with Crippen LogP contribution in [0, 0.1) is 20.1 Å². The second-order valence-corrected chi connectivity index (χ2v) is 3.35. The molecule has 0 saturated carbocycles. The van der Waals surface area contributed by atoms with E-state index in [9.17, 15) is 5.21 Å². The van der Waals surface area contributed by atoms with Gasteiger partial charge >= 0.3 is 0 Å². The summed E-state index contributed by atoms with van der Waals surface area (Å²) in [7, 11) is 3.99. The molecule has 2 rings (SSSR count). The van der Waals surface area contributed by atoms with Gasteiger partial charge in [-0.25, -0.2) is 0 Å². The maximum atomic E-state index is 10.4. The smallest absolute Gasteiger partial charge is 0.179 e. The van der Waals surface area contributed by atoms with E-state index in [1.165, 1.54) is 17.9 Å². The van der Waals surface area contributed by atoms with E-state index in [4.69, 9.17) is 0 Å². The molecule has 0 unspecified atom stereocenters. The number of hydrogen-bond acceptors (Lipinski definition) is 2. The van der Waals surface area contributed by atoms with Crippen LogP contribution in [0.4, 0.5) is 0 Å². The molecule has 0 saturated heterocycles. The van der Waals surface area contributed by atoms with Crippen molar-refractivity contribution in [3.05, 3.63) is 69.1 Å². The molecule has 0 aliphatic heterocycles. The molecule has 23 heavy (non-hydrogen) atoms. The van der Waals surface area contributed by atoms with Crippen molar-refractivity contribution < 1.29 is 70.1 Å². The molecule has 3 nitrogen and oxygen atoms in total. The van der Waals surface area contributed by atoms with Gasteiger partial charge in [0.25, 0.3) is 0 Å². The van der Waals surface area contributed by atoms with Gasteiger partial charge in [-0.1, -0.05) is 51.6 Å². The summed E-state index contributed by atoms with van der Waals surface area (Å²) >= 11 is 0. The molecular weight excluding hydrogens is 436 g/mol. The second kappa shape index (κ2) is 24.7. The molecule has 122 valence electrons. The Morgan fingerprint density at radius 3 is 1.48 bits per heavy atom. The van der Waals surface area contributed by atoms with E-state index in [-0.39, 0.29) is 95.1 Å². The minimum Gasteiger partial charge on any atom is -0.619 e. The number of pyridine rings is 2. The topological polar surface area (TPSA) is 39.8 Å². The fraction of sp³-hybridized carbons (Fsp3) is 0.250. The molecular formula is C16H28B2N2OY2-2. The van der Waals surface area contributed by atoms with E-state index >= 15 is 0 Å². The fourth-order valence-corrected chi connectivity index (χ4v) is 1.17. The monoisotopic (exact) mass is 464 g/mol. The number of aromatic nitrogens is 2. The van der Waals surface area contributed by atoms with Crippen molar-refractivity contribution in [2.24, 2.45) is 0 Å². The molecule has 2 aromatic rings. The Morgan fingerprint density at radius 2 is 1.17 bits per heavy atom. The average molecular weight is 464 g/mol. The first-order valence-corrected chi connectivity index (χ1v) is 5.44. The Kier molecular flexibility index (Phi) is 41.7. The van der Waals surface area contributed by atoms with Gasteiger partial charge in [-0.2, -0.15) is 4.73 Å². The zero-order valence-electron chi connectivity index (χ0n) is 13.2. The third kappa shape index (κ3) is 18.6. The Hall–Kier alpha value is 0.438. The molecule has 0 aliphatic carbocycles. The van der Waals surface area contributed by atoms with E-state index in [1.54, 1.807) is 24.5 Å². The molecule has 0 amide bonds. The van der Waals surface area contributed by atoms with Crippen molar-refractivity contribution in [2.75, 3.05) is 0 Å². The van der Waals surface area contributed by atoms with E-state index in [2.05, 4.69) is 4.98 Å². The molecule has 0 N–H and O–H groups in total. The number of hydrogen-bond donors (Lipinski definition) is 0. The maximum Gasteiger partial charge on any atom is 0.179 e. The van der Waals surface area contributed by atoms with Crippen LogP contribution in [0.15, 0.2) is 49.1 Å². The quantitative estimate of drug-likeness (QED) is 0.297. The fourth-order valence-electron chi connectivity index (χ4n) is 1.17. The molecule has 0 aliphatic rings. The van der Waals surface area contributed by atoms with Crippen LogP contribution in [-0.4, -0.2) is 19.5 Å². The largest absolute Gasteiger partial charge is 0.619 e. The van der Waals surface area contributed by atoms with E-state index in [1.807, 2.05) is 40.3 Å². The van der Waals surface area contributed by atoms with Crippen LogP contribution in [0.1, 0.15) is 14.9 Å². The summed E-state index contributed by atoms with van der Waals surface area (Å²) in [5.74, 6) is 0. The second-order valence-electron chi connectivity index (χ2n) is 3.35. The van der Waals surface area contributed by atoms with Crippen LogP contribution in [0.2, 0.25) is 13.6 Å². The van der Waals surface area contributed by atoms with Gasteiger partial charge in [0.2, 0.25) is 0 Å². The van der Waals surface area contributed by atoms with Crippen molar-refractivity contribution >= 4 is 25.5 Å². The van der Waals surface area contributed by atoms with Gasteiger partial charge in [0.1, 0.15) is 14.6 Å². The minimum atomic E-state index is 0. The zero-order valence-corrected chi connectivity index (χ0v) is 18.9. The minimum absolute atomic E-state index is 0. The Labute approximate surface area is 196 Å². The first kappa shape index (κ1) is 38.8. The predicted molar refractivity (Wildman–Crippen MR) is 98.4 cm³/mol. The molecule has 7 heteroatoms. The molecule has 4 radical (unpaired) electrons. The van der Waals surface area contributed by atoms with Crippen LogP contribution in [0.3, 0.4) is 0 Å². The maximum absolute atomic E-state index is 10.4. The van der Waals surface area contributed by atoms with Gasteiger partial charge in [-0.05, 0) is 12.1 Å². The predicted octanol–water partition coefficient (Wildman–Crippen LogP) is 2.32. The summed E-state index contributed by atoms with van der Waals surface area (Å²) in [4.78, 5) is 3.87. The Morgan fingerprint density at radius 1 is 0.826 bits per heavy atom. The Balaban J connectivity index is -0.0000000500. The van der Waals surface area contributed by atoms with E-state index < -0.39 is 0 Å². The standard InChI is InChI=1S/C6H7BNO.C6H7BN.2CH4.2CH3.2Y/c1-7-6-2-4-8(9)5-3-6;1-7-6-2-4-8-5-3-6;;;;;;/h2-5H,1H3;2-5H,1H3;2*1H4;2*1H3;;/q;;;;2*-1;;. The van der Waals surface area contributed by atoms with E-state index in [0.29, 0.717) is 0 Å². The molecule has 0 spiro atoms. The summed E-state index contributed by atoms with van der Waals surface area (Å²) < 4.78 is 0.771. The Bertz CT molecular complexity index is 432. The molecule has 2 heterocycles. The van der Waals surface area contributed by atoms with Crippen molar-refractivity contribution in [2.45, 2.75) is 28.5 Å². The number of rotatable bonds is 2. The van der Waals surface area contributed by atoms with Crippen LogP contribution in [0.5, 0.6) is 0 Å². The summed E-state index contributed by atoms with van der Waals surface area (Å²) in [6.07, 6.45) is 6.54. The third-order valence-corrected chi connectivity index (χ3v) is 2.20. The summed E-state index contributed by atoms with van der Waals surface area (Å²) in [6.45, 7) is 3.94. The zero-order chi connectivity index (χ0) is 12.5. The van der Waals surface area contributed by atoms with Gasteiger partial charge in [0.15, 0.2) is 12.4 Å². The summed E-state index contributed by atoms with van der Waals surface area (Å²) in [6, 6.07) is 7.49. The van der Waals surface area contributed by atoms with Crippen molar-refractivity contribution in [1.29, 1.82) is 0 Å². The summed E-state index contributed by atoms with van der Waals surface area (Å²) in [5.41, 5.74) is 2.29. The normalized spacial score (nSPS) is 6.52. The van der Waals surface area contributed by atoms with E-state index in [0.717, 1.165) is 10.2 Å². The van der Waals surface area contributed by atoms with Gasteiger partial charge in [-0.3, -0.25) is 4.98 Å². The van der Waals surface area contributed by atoms with Crippen LogP contribution >= 0.6 is 0 Å². The molecule has 0 atom stereocenters. The molecule has 2 aromatic heterocycles. The third-order valence-electron chi connectivity index (χ3n) is 2.20. The first-order chi connectivity index (χ1) is 8.26. The molecule has 0 aromatic carbocycles. The van der Waals surface area contributed by atoms with Crippen molar-refractivity contribution in [1.82, 2.24) is 4.98 Å². The number of nitrogens with zero attached hydrogens (tertiary/aromatic N) is 2. The van der Waals surface area contributed by atoms with Gasteiger partial charge in [0, 0.05) is 77.8 Å². The first-order valence-electron chi connectivity index (χ1n) is 5.44. The summed E-state index contributed by atoms with van der Waals surface area (Å²) in [5, 5.41) is 10.4. The molecule has 0 bridgehead atoms. The molecule has 0 fully saturated rings.